The van der Waals surface area contributed by atoms with Crippen LogP contribution >= 0.6 is 0 Å². The number of benzene rings is 2. The molecule has 0 N–H and O–H groups in total. The van der Waals surface area contributed by atoms with Gasteiger partial charge in [0.05, 0.1) is 6.04 Å². The van der Waals surface area contributed by atoms with Gasteiger partial charge in [-0.2, -0.15) is 0 Å². The van der Waals surface area contributed by atoms with Gasteiger partial charge in [0, 0.05) is 6.54 Å². The van der Waals surface area contributed by atoms with Crippen LogP contribution in [0.15, 0.2) is 67.3 Å². The highest BCUT2D eigenvalue weighted by Crippen LogP contribution is 2.34. The van der Waals surface area contributed by atoms with Crippen LogP contribution in [0.5, 0.6) is 0 Å². The first kappa shape index (κ1) is 12.7. The number of carbonyl (C=O) groups excluding carboxylic acids is 1. The minimum Gasteiger partial charge on any atom is -0.328 e. The third-order valence-electron chi connectivity index (χ3n) is 3.86. The van der Waals surface area contributed by atoms with E-state index in [2.05, 4.69) is 36.9 Å². The molecule has 2 aromatic rings. The van der Waals surface area contributed by atoms with Crippen LogP contribution in [0.25, 0.3) is 0 Å². The molecule has 1 atom stereocenters. The fraction of sp³-hybridized carbons (Fsp3) is 0.167. The lowest BCUT2D eigenvalue weighted by Gasteiger charge is -2.37. The average molecular weight is 263 g/mol. The molecule has 0 saturated carbocycles. The molecule has 100 valence electrons. The van der Waals surface area contributed by atoms with Gasteiger partial charge in [0.25, 0.3) is 0 Å². The molecule has 0 unspecified atom stereocenters. The first-order valence-electron chi connectivity index (χ1n) is 6.87. The molecule has 0 aromatic heterocycles. The molecule has 0 bridgehead atoms. The van der Waals surface area contributed by atoms with Crippen molar-refractivity contribution in [2.45, 2.75) is 12.5 Å². The second-order valence-electron chi connectivity index (χ2n) is 5.00. The quantitative estimate of drug-likeness (QED) is 0.761. The molecule has 0 saturated heterocycles. The van der Waals surface area contributed by atoms with E-state index in [1.54, 1.807) is 0 Å². The molecular weight excluding hydrogens is 246 g/mol. The molecule has 0 fully saturated rings. The van der Waals surface area contributed by atoms with Crippen LogP contribution in [0.3, 0.4) is 0 Å². The van der Waals surface area contributed by atoms with Gasteiger partial charge >= 0.3 is 0 Å². The zero-order valence-electron chi connectivity index (χ0n) is 11.3. The van der Waals surface area contributed by atoms with Gasteiger partial charge in [-0.15, -0.1) is 0 Å². The normalized spacial score (nSPS) is 17.4. The fourth-order valence-electron chi connectivity index (χ4n) is 2.92. The molecule has 2 aromatic carbocycles. The standard InChI is InChI=1S/C18H17NO/c1-2-17(20)19-13-12-14-8-6-7-11-16(14)18(19)15-9-4-3-5-10-15/h2-11,18H,1,12-13H2/t18-/m0/s1. The highest BCUT2D eigenvalue weighted by atomic mass is 16.2. The molecule has 1 aliphatic heterocycles. The van der Waals surface area contributed by atoms with Crippen molar-refractivity contribution in [3.05, 3.63) is 83.9 Å². The second kappa shape index (κ2) is 5.33. The number of hydrogen-bond donors (Lipinski definition) is 0. The highest BCUT2D eigenvalue weighted by Gasteiger charge is 2.30. The Morgan fingerprint density at radius 1 is 1.10 bits per heavy atom. The van der Waals surface area contributed by atoms with E-state index in [0.29, 0.717) is 0 Å². The number of fused-ring (bicyclic) bond motifs is 1. The maximum atomic E-state index is 12.2. The Kier molecular flexibility index (Phi) is 3.38. The van der Waals surface area contributed by atoms with Crippen LogP contribution in [-0.2, 0) is 11.2 Å². The minimum atomic E-state index is -0.00773. The van der Waals surface area contributed by atoms with Gasteiger partial charge in [-0.1, -0.05) is 61.2 Å². The zero-order chi connectivity index (χ0) is 13.9. The van der Waals surface area contributed by atoms with Crippen molar-refractivity contribution in [2.24, 2.45) is 0 Å². The molecule has 2 heteroatoms. The largest absolute Gasteiger partial charge is 0.328 e. The van der Waals surface area contributed by atoms with E-state index >= 15 is 0 Å². The van der Waals surface area contributed by atoms with Gasteiger partial charge < -0.3 is 4.90 Å². The van der Waals surface area contributed by atoms with Gasteiger partial charge in [0.15, 0.2) is 0 Å². The number of nitrogens with zero attached hydrogens (tertiary/aromatic N) is 1. The maximum absolute atomic E-state index is 12.2. The van der Waals surface area contributed by atoms with Gasteiger partial charge in [0.2, 0.25) is 5.91 Å². The van der Waals surface area contributed by atoms with Crippen molar-refractivity contribution >= 4 is 5.91 Å². The second-order valence-corrected chi connectivity index (χ2v) is 5.00. The van der Waals surface area contributed by atoms with Crippen molar-refractivity contribution in [3.63, 3.8) is 0 Å². The zero-order valence-corrected chi connectivity index (χ0v) is 11.3. The molecule has 0 spiro atoms. The summed E-state index contributed by atoms with van der Waals surface area (Å²) in [5.41, 5.74) is 3.70. The summed E-state index contributed by atoms with van der Waals surface area (Å²) >= 11 is 0. The van der Waals surface area contributed by atoms with Crippen LogP contribution in [0, 0.1) is 0 Å². The molecule has 1 heterocycles. The van der Waals surface area contributed by atoms with E-state index in [9.17, 15) is 4.79 Å². The third-order valence-corrected chi connectivity index (χ3v) is 3.86. The molecular formula is C18H17NO. The maximum Gasteiger partial charge on any atom is 0.246 e. The van der Waals surface area contributed by atoms with Gasteiger partial charge in [-0.25, -0.2) is 0 Å². The summed E-state index contributed by atoms with van der Waals surface area (Å²) in [7, 11) is 0. The SMILES string of the molecule is C=CC(=O)N1CCc2ccccc2[C@@H]1c1ccccc1. The number of hydrogen-bond acceptors (Lipinski definition) is 1. The Labute approximate surface area is 119 Å². The fourth-order valence-corrected chi connectivity index (χ4v) is 2.92. The predicted molar refractivity (Wildman–Crippen MR) is 80.3 cm³/mol. The summed E-state index contributed by atoms with van der Waals surface area (Å²) < 4.78 is 0. The molecule has 1 aliphatic rings. The summed E-state index contributed by atoms with van der Waals surface area (Å²) in [5.74, 6) is -0.00615. The smallest absolute Gasteiger partial charge is 0.246 e. The van der Waals surface area contributed by atoms with Gasteiger partial charge in [-0.05, 0) is 29.2 Å². The number of amides is 1. The Hall–Kier alpha value is -2.35. The Balaban J connectivity index is 2.12. The van der Waals surface area contributed by atoms with Crippen LogP contribution in [-0.4, -0.2) is 17.4 Å². The summed E-state index contributed by atoms with van der Waals surface area (Å²) in [5, 5.41) is 0. The monoisotopic (exact) mass is 263 g/mol. The third kappa shape index (κ3) is 2.14. The topological polar surface area (TPSA) is 20.3 Å². The van der Waals surface area contributed by atoms with Gasteiger partial charge in [-0.3, -0.25) is 4.79 Å². The summed E-state index contributed by atoms with van der Waals surface area (Å²) in [6.45, 7) is 4.37. The molecule has 0 radical (unpaired) electrons. The lowest BCUT2D eigenvalue weighted by molar-refractivity contribution is -0.128. The van der Waals surface area contributed by atoms with Crippen molar-refractivity contribution in [3.8, 4) is 0 Å². The van der Waals surface area contributed by atoms with Crippen LogP contribution in [0.4, 0.5) is 0 Å². The van der Waals surface area contributed by atoms with Crippen molar-refractivity contribution in [1.82, 2.24) is 4.90 Å². The molecule has 20 heavy (non-hydrogen) atoms. The Morgan fingerprint density at radius 3 is 2.55 bits per heavy atom. The highest BCUT2D eigenvalue weighted by molar-refractivity contribution is 5.88. The lowest BCUT2D eigenvalue weighted by atomic mass is 9.88. The Bertz CT molecular complexity index is 633. The van der Waals surface area contributed by atoms with Crippen LogP contribution < -0.4 is 0 Å². The molecule has 2 nitrogen and oxygen atoms in total. The van der Waals surface area contributed by atoms with Crippen molar-refractivity contribution in [1.29, 1.82) is 0 Å². The molecule has 0 aliphatic carbocycles. The molecule has 3 rings (SSSR count). The van der Waals surface area contributed by atoms with Crippen LogP contribution in [0.2, 0.25) is 0 Å². The van der Waals surface area contributed by atoms with E-state index in [1.807, 2.05) is 29.2 Å². The summed E-state index contributed by atoms with van der Waals surface area (Å²) in [4.78, 5) is 14.1. The predicted octanol–water partition coefficient (Wildman–Crippen LogP) is 3.35. The van der Waals surface area contributed by atoms with Crippen molar-refractivity contribution < 1.29 is 4.79 Å². The minimum absolute atomic E-state index is 0.00615. The number of rotatable bonds is 2. The Morgan fingerprint density at radius 2 is 1.80 bits per heavy atom. The van der Waals surface area contributed by atoms with E-state index in [1.165, 1.54) is 17.2 Å². The number of carbonyl (C=O) groups is 1. The molecule has 1 amide bonds. The van der Waals surface area contributed by atoms with E-state index in [-0.39, 0.29) is 11.9 Å². The van der Waals surface area contributed by atoms with Gasteiger partial charge in [0.1, 0.15) is 0 Å². The first-order chi connectivity index (χ1) is 9.81. The first-order valence-corrected chi connectivity index (χ1v) is 6.87. The summed E-state index contributed by atoms with van der Waals surface area (Å²) in [6, 6.07) is 18.6. The van der Waals surface area contributed by atoms with E-state index < -0.39 is 0 Å². The summed E-state index contributed by atoms with van der Waals surface area (Å²) in [6.07, 6.45) is 2.31. The van der Waals surface area contributed by atoms with E-state index in [4.69, 9.17) is 0 Å². The van der Waals surface area contributed by atoms with Crippen molar-refractivity contribution in [2.75, 3.05) is 6.54 Å². The van der Waals surface area contributed by atoms with Crippen LogP contribution in [0.1, 0.15) is 22.7 Å². The average Bonchev–Trinajstić information content (AvgIpc) is 2.53. The van der Waals surface area contributed by atoms with E-state index in [0.717, 1.165) is 18.5 Å². The lowest BCUT2D eigenvalue weighted by Crippen LogP contribution is -2.39.